The van der Waals surface area contributed by atoms with Crippen molar-refractivity contribution in [2.45, 2.75) is 34.2 Å². The van der Waals surface area contributed by atoms with E-state index in [4.69, 9.17) is 15.6 Å². The van der Waals surface area contributed by atoms with E-state index in [9.17, 15) is 14.4 Å². The van der Waals surface area contributed by atoms with Gasteiger partial charge in [-0.15, -0.1) is 0 Å². The second-order valence-corrected chi connectivity index (χ2v) is 5.83. The number of fused-ring (bicyclic) bond motifs is 1. The molecule has 0 fully saturated rings. The van der Waals surface area contributed by atoms with Crippen molar-refractivity contribution >= 4 is 28.6 Å². The van der Waals surface area contributed by atoms with Gasteiger partial charge in [0.15, 0.2) is 6.61 Å². The van der Waals surface area contributed by atoms with Gasteiger partial charge >= 0.3 is 5.97 Å². The number of aromatic nitrogens is 1. The average molecular weight is 386 g/mol. The van der Waals surface area contributed by atoms with E-state index in [1.54, 1.807) is 25.1 Å². The summed E-state index contributed by atoms with van der Waals surface area (Å²) in [6.45, 7) is 7.52. The summed E-state index contributed by atoms with van der Waals surface area (Å²) in [7, 11) is 0. The van der Waals surface area contributed by atoms with Crippen molar-refractivity contribution in [2.75, 3.05) is 6.61 Å². The Morgan fingerprint density at radius 2 is 1.79 bits per heavy atom. The summed E-state index contributed by atoms with van der Waals surface area (Å²) in [5.41, 5.74) is 6.54. The number of allylic oxidation sites excluding steroid dienone is 4. The highest BCUT2D eigenvalue weighted by Gasteiger charge is 2.25. The fourth-order valence-electron chi connectivity index (χ4n) is 2.60. The molecule has 0 saturated heterocycles. The third-order valence-corrected chi connectivity index (χ3v) is 3.97. The summed E-state index contributed by atoms with van der Waals surface area (Å²) in [4.78, 5) is 34.5. The largest absolute Gasteiger partial charge is 0.481 e. The fourth-order valence-corrected chi connectivity index (χ4v) is 2.60. The van der Waals surface area contributed by atoms with Gasteiger partial charge in [0, 0.05) is 12.2 Å². The number of benzene rings is 1. The Kier molecular flexibility index (Phi) is 8.68. The fraction of sp³-hybridized carbons (Fsp3) is 0.286. The first-order valence-corrected chi connectivity index (χ1v) is 8.79. The maximum absolute atomic E-state index is 12.3. The lowest BCUT2D eigenvalue weighted by Gasteiger charge is -2.07. The maximum Gasteiger partial charge on any atom is 0.341 e. The number of nitrogens with zero attached hydrogens (tertiary/aromatic N) is 1. The molecule has 0 aliphatic heterocycles. The van der Waals surface area contributed by atoms with Crippen molar-refractivity contribution in [3.63, 3.8) is 0 Å². The van der Waals surface area contributed by atoms with E-state index in [-0.39, 0.29) is 11.3 Å². The number of Topliss-reactive ketones (excluding diaryl/α,β-unsaturated/α-hetero) is 1. The van der Waals surface area contributed by atoms with Crippen LogP contribution in [-0.4, -0.2) is 33.9 Å². The molecule has 0 atom stereocenters. The number of carboxylic acid groups (broad SMARTS) is 1. The van der Waals surface area contributed by atoms with Crippen LogP contribution >= 0.6 is 0 Å². The van der Waals surface area contributed by atoms with Crippen LogP contribution in [0.2, 0.25) is 0 Å². The molecule has 150 valence electrons. The van der Waals surface area contributed by atoms with Gasteiger partial charge in [-0.05, 0) is 39.8 Å². The first-order chi connectivity index (χ1) is 13.3. The van der Waals surface area contributed by atoms with E-state index < -0.39 is 24.3 Å². The van der Waals surface area contributed by atoms with Crippen LogP contribution < -0.4 is 10.5 Å². The van der Waals surface area contributed by atoms with Crippen LogP contribution in [0.25, 0.3) is 10.9 Å². The van der Waals surface area contributed by atoms with E-state index in [1.165, 1.54) is 0 Å². The van der Waals surface area contributed by atoms with Gasteiger partial charge in [0.25, 0.3) is 11.7 Å². The van der Waals surface area contributed by atoms with Gasteiger partial charge in [-0.3, -0.25) is 9.59 Å². The van der Waals surface area contributed by atoms with E-state index in [0.717, 1.165) is 0 Å². The minimum Gasteiger partial charge on any atom is -0.481 e. The Morgan fingerprint density at radius 1 is 1.14 bits per heavy atom. The number of carboxylic acids is 1. The molecule has 1 amide bonds. The smallest absolute Gasteiger partial charge is 0.341 e. The van der Waals surface area contributed by atoms with Crippen molar-refractivity contribution in [2.24, 2.45) is 5.73 Å². The Hall–Kier alpha value is -3.35. The molecule has 2 rings (SSSR count). The highest BCUT2D eigenvalue weighted by molar-refractivity contribution is 6.45. The Morgan fingerprint density at radius 3 is 2.29 bits per heavy atom. The highest BCUT2D eigenvalue weighted by atomic mass is 16.5. The molecule has 0 spiro atoms. The topological polar surface area (TPSA) is 112 Å². The Balaban J connectivity index is 0.000000892. The molecule has 0 aliphatic rings. The van der Waals surface area contributed by atoms with Gasteiger partial charge in [-0.1, -0.05) is 30.4 Å². The lowest BCUT2D eigenvalue weighted by Crippen LogP contribution is -2.24. The van der Waals surface area contributed by atoms with Crippen LogP contribution in [0, 0.1) is 6.92 Å². The van der Waals surface area contributed by atoms with E-state index in [1.807, 2.05) is 49.6 Å². The van der Waals surface area contributed by atoms with Gasteiger partial charge < -0.3 is 20.1 Å². The summed E-state index contributed by atoms with van der Waals surface area (Å²) in [6.07, 6.45) is 7.77. The van der Waals surface area contributed by atoms with Crippen molar-refractivity contribution in [3.05, 3.63) is 53.8 Å². The first-order valence-electron chi connectivity index (χ1n) is 8.79. The van der Waals surface area contributed by atoms with Crippen LogP contribution in [0.4, 0.5) is 0 Å². The number of rotatable bonds is 7. The lowest BCUT2D eigenvalue weighted by molar-refractivity contribution is -0.139. The monoisotopic (exact) mass is 386 g/mol. The van der Waals surface area contributed by atoms with Crippen molar-refractivity contribution in [3.8, 4) is 5.75 Å². The van der Waals surface area contributed by atoms with Crippen LogP contribution in [0.1, 0.15) is 36.8 Å². The van der Waals surface area contributed by atoms with E-state index in [0.29, 0.717) is 23.1 Å². The first kappa shape index (κ1) is 22.7. The minimum atomic E-state index is -1.14. The second-order valence-electron chi connectivity index (χ2n) is 5.83. The molecule has 0 aliphatic carbocycles. The number of nitrogens with two attached hydrogens (primary N) is 1. The van der Waals surface area contributed by atoms with Crippen molar-refractivity contribution < 1.29 is 24.2 Å². The van der Waals surface area contributed by atoms with Gasteiger partial charge in [0.05, 0.1) is 16.5 Å². The van der Waals surface area contributed by atoms with Crippen molar-refractivity contribution in [1.82, 2.24) is 4.57 Å². The quantitative estimate of drug-likeness (QED) is 0.431. The molecular formula is C21H26N2O5. The number of ketones is 1. The molecule has 1 aromatic heterocycles. The molecule has 0 saturated carbocycles. The number of carbonyl (C=O) groups excluding carboxylic acids is 2. The van der Waals surface area contributed by atoms with E-state index in [2.05, 4.69) is 0 Å². The van der Waals surface area contributed by atoms with Gasteiger partial charge in [0.2, 0.25) is 0 Å². The molecule has 0 bridgehead atoms. The summed E-state index contributed by atoms with van der Waals surface area (Å²) < 4.78 is 7.14. The summed E-state index contributed by atoms with van der Waals surface area (Å²) in [6, 6.07) is 5.03. The van der Waals surface area contributed by atoms with Crippen molar-refractivity contribution in [1.29, 1.82) is 0 Å². The molecule has 3 N–H and O–H groups in total. The summed E-state index contributed by atoms with van der Waals surface area (Å²) in [5, 5.41) is 9.20. The molecule has 7 nitrogen and oxygen atoms in total. The maximum atomic E-state index is 12.3. The molecular weight excluding hydrogens is 360 g/mol. The molecule has 2 aromatic rings. The standard InChI is InChI=1S/C17H18N2O5.C4H8/c1-3-4-8-19-10(2)14(16(22)17(18)23)15-11(19)6-5-7-12(15)24-9-13(20)21;1-3-4-2/h3-7H,8-9H2,1-2H3,(H2,18,23)(H,20,21);3-4H,1-2H3/b4-3+;4-3-. The number of hydrogen-bond acceptors (Lipinski definition) is 4. The highest BCUT2D eigenvalue weighted by Crippen LogP contribution is 2.34. The van der Waals surface area contributed by atoms with Gasteiger partial charge in [0.1, 0.15) is 5.75 Å². The lowest BCUT2D eigenvalue weighted by atomic mass is 10.1. The normalized spacial score (nSPS) is 10.9. The third kappa shape index (κ3) is 5.33. The molecule has 0 unspecified atom stereocenters. The molecule has 1 heterocycles. The Labute approximate surface area is 164 Å². The number of primary amides is 1. The minimum absolute atomic E-state index is 0.142. The number of carbonyl (C=O) groups is 3. The van der Waals surface area contributed by atoms with E-state index >= 15 is 0 Å². The zero-order valence-electron chi connectivity index (χ0n) is 16.6. The van der Waals surface area contributed by atoms with Crippen LogP contribution in [0.5, 0.6) is 5.75 Å². The summed E-state index contributed by atoms with van der Waals surface area (Å²) in [5.74, 6) is -2.82. The van der Waals surface area contributed by atoms with Crippen LogP contribution in [-0.2, 0) is 16.1 Å². The Bertz CT molecular complexity index is 919. The SMILES string of the molecule is C/C=C/Cn1c(C)c(C(=O)C(N)=O)c2c(OCC(=O)O)cccc21.C/C=C\C. The molecule has 0 radical (unpaired) electrons. The molecule has 7 heteroatoms. The van der Waals surface area contributed by atoms with Crippen LogP contribution in [0.3, 0.4) is 0 Å². The average Bonchev–Trinajstić information content (AvgIpc) is 2.95. The number of amides is 1. The number of aliphatic carboxylic acids is 1. The third-order valence-electron chi connectivity index (χ3n) is 3.97. The predicted octanol–water partition coefficient (Wildman–Crippen LogP) is 3.24. The number of hydrogen-bond donors (Lipinski definition) is 2. The molecule has 28 heavy (non-hydrogen) atoms. The zero-order chi connectivity index (χ0) is 21.3. The molecule has 1 aromatic carbocycles. The number of ether oxygens (including phenoxy) is 1. The van der Waals surface area contributed by atoms with Gasteiger partial charge in [-0.25, -0.2) is 4.79 Å². The summed E-state index contributed by atoms with van der Waals surface area (Å²) >= 11 is 0. The zero-order valence-corrected chi connectivity index (χ0v) is 16.6. The predicted molar refractivity (Wildman–Crippen MR) is 109 cm³/mol. The second kappa shape index (κ2) is 10.7. The van der Waals surface area contributed by atoms with Crippen LogP contribution in [0.15, 0.2) is 42.5 Å². The van der Waals surface area contributed by atoms with Gasteiger partial charge in [-0.2, -0.15) is 0 Å².